The van der Waals surface area contributed by atoms with Gasteiger partial charge in [0.2, 0.25) is 0 Å². The molecule has 0 atom stereocenters. The Morgan fingerprint density at radius 3 is 1.68 bits per heavy atom. The standard InChI is InChI=1S/C59H40N4/c1-59(2)47-27-15-12-24-43(47)51-54(59)52-44-25-13-16-28-49(44)62(41-22-10-5-11-23-41)57(52)53-45-26-14-17-29-50(45)63(56(51)53)42-34-35-48-46(36-42)55(61-58(60-48)40-20-8-4-9-21-40)39-32-30-38(31-33-39)37-18-6-3-7-19-37/h3-36H,1-2H3. The maximum absolute atomic E-state index is 5.38. The van der Waals surface area contributed by atoms with Crippen molar-refractivity contribution in [2.75, 3.05) is 0 Å². The van der Waals surface area contributed by atoms with Gasteiger partial charge < -0.3 is 9.13 Å². The molecule has 0 fully saturated rings. The Morgan fingerprint density at radius 2 is 0.968 bits per heavy atom. The van der Waals surface area contributed by atoms with Gasteiger partial charge in [0.1, 0.15) is 0 Å². The van der Waals surface area contributed by atoms with Crippen LogP contribution >= 0.6 is 0 Å². The highest BCUT2D eigenvalue weighted by Gasteiger charge is 2.41. The highest BCUT2D eigenvalue weighted by Crippen LogP contribution is 2.58. The average molecular weight is 805 g/mol. The Bertz CT molecular complexity index is 3780. The van der Waals surface area contributed by atoms with Gasteiger partial charge in [0.25, 0.3) is 0 Å². The minimum Gasteiger partial charge on any atom is -0.309 e. The van der Waals surface area contributed by atoms with Crippen molar-refractivity contribution >= 4 is 54.5 Å². The summed E-state index contributed by atoms with van der Waals surface area (Å²) in [5, 5.41) is 6.06. The van der Waals surface area contributed by atoms with Gasteiger partial charge in [-0.25, -0.2) is 9.97 Å². The summed E-state index contributed by atoms with van der Waals surface area (Å²) < 4.78 is 5.04. The molecule has 1 aliphatic carbocycles. The quantitative estimate of drug-likeness (QED) is 0.174. The molecule has 0 bridgehead atoms. The van der Waals surface area contributed by atoms with Gasteiger partial charge in [-0.1, -0.05) is 178 Å². The number of hydrogen-bond donors (Lipinski definition) is 0. The van der Waals surface area contributed by atoms with E-state index in [9.17, 15) is 0 Å². The van der Waals surface area contributed by atoms with Crippen LogP contribution < -0.4 is 0 Å². The first kappa shape index (κ1) is 35.7. The Balaban J connectivity index is 1.17. The number of benzene rings is 9. The van der Waals surface area contributed by atoms with Crippen molar-refractivity contribution < 1.29 is 0 Å². The first-order chi connectivity index (χ1) is 31.0. The Morgan fingerprint density at radius 1 is 0.413 bits per heavy atom. The lowest BCUT2D eigenvalue weighted by molar-refractivity contribution is 0.667. The van der Waals surface area contributed by atoms with E-state index in [4.69, 9.17) is 9.97 Å². The molecule has 296 valence electrons. The fourth-order valence-corrected chi connectivity index (χ4v) is 10.7. The van der Waals surface area contributed by atoms with Crippen molar-refractivity contribution in [1.29, 1.82) is 0 Å². The van der Waals surface area contributed by atoms with Crippen LogP contribution in [0.5, 0.6) is 0 Å². The molecular weight excluding hydrogens is 765 g/mol. The average Bonchev–Trinajstić information content (AvgIpc) is 3.95. The van der Waals surface area contributed by atoms with Gasteiger partial charge in [-0.3, -0.25) is 0 Å². The third-order valence-electron chi connectivity index (χ3n) is 13.5. The van der Waals surface area contributed by atoms with Crippen LogP contribution in [0.2, 0.25) is 0 Å². The molecule has 13 rings (SSSR count). The molecule has 0 amide bonds. The molecular formula is C59H40N4. The van der Waals surface area contributed by atoms with E-state index in [1.807, 2.05) is 6.07 Å². The van der Waals surface area contributed by atoms with Crippen molar-refractivity contribution in [2.24, 2.45) is 0 Å². The minimum absolute atomic E-state index is 0.268. The molecule has 0 unspecified atom stereocenters. The monoisotopic (exact) mass is 804 g/mol. The number of nitrogens with zero attached hydrogens (tertiary/aromatic N) is 4. The van der Waals surface area contributed by atoms with E-state index in [1.165, 1.54) is 71.5 Å². The number of aromatic nitrogens is 4. The summed E-state index contributed by atoms with van der Waals surface area (Å²) >= 11 is 0. The summed E-state index contributed by atoms with van der Waals surface area (Å²) in [6, 6.07) is 74.4. The first-order valence-electron chi connectivity index (χ1n) is 21.8. The topological polar surface area (TPSA) is 35.6 Å². The van der Waals surface area contributed by atoms with Crippen molar-refractivity contribution in [3.8, 4) is 56.3 Å². The van der Waals surface area contributed by atoms with Gasteiger partial charge in [0.15, 0.2) is 5.82 Å². The maximum Gasteiger partial charge on any atom is 0.160 e. The summed E-state index contributed by atoms with van der Waals surface area (Å²) in [6.07, 6.45) is 0. The lowest BCUT2D eigenvalue weighted by atomic mass is 9.80. The molecule has 9 aromatic carbocycles. The Hall–Kier alpha value is -8.08. The second kappa shape index (κ2) is 13.5. The van der Waals surface area contributed by atoms with Gasteiger partial charge in [0.05, 0.1) is 33.3 Å². The predicted molar refractivity (Wildman–Crippen MR) is 262 cm³/mol. The number of fused-ring (bicyclic) bond motifs is 13. The van der Waals surface area contributed by atoms with Crippen LogP contribution in [0.4, 0.5) is 0 Å². The van der Waals surface area contributed by atoms with Crippen LogP contribution in [0, 0.1) is 0 Å². The Labute approximate surface area is 365 Å². The molecule has 0 spiro atoms. The van der Waals surface area contributed by atoms with Crippen molar-refractivity contribution in [3.05, 3.63) is 217 Å². The largest absolute Gasteiger partial charge is 0.309 e. The zero-order valence-electron chi connectivity index (χ0n) is 34.9. The van der Waals surface area contributed by atoms with Crippen LogP contribution in [0.1, 0.15) is 25.0 Å². The van der Waals surface area contributed by atoms with Crippen LogP contribution in [0.15, 0.2) is 206 Å². The van der Waals surface area contributed by atoms with Crippen molar-refractivity contribution in [2.45, 2.75) is 19.3 Å². The van der Waals surface area contributed by atoms with Gasteiger partial charge >= 0.3 is 0 Å². The van der Waals surface area contributed by atoms with Crippen LogP contribution in [-0.2, 0) is 5.41 Å². The molecule has 0 saturated carbocycles. The van der Waals surface area contributed by atoms with Gasteiger partial charge in [0, 0.05) is 60.4 Å². The molecule has 12 aromatic rings. The maximum atomic E-state index is 5.38. The lowest BCUT2D eigenvalue weighted by Crippen LogP contribution is -2.15. The smallest absolute Gasteiger partial charge is 0.160 e. The molecule has 63 heavy (non-hydrogen) atoms. The zero-order valence-corrected chi connectivity index (χ0v) is 34.9. The fourth-order valence-electron chi connectivity index (χ4n) is 10.7. The van der Waals surface area contributed by atoms with Crippen molar-refractivity contribution in [1.82, 2.24) is 19.1 Å². The second-order valence-electron chi connectivity index (χ2n) is 17.3. The molecule has 0 saturated heterocycles. The summed E-state index contributed by atoms with van der Waals surface area (Å²) in [4.78, 5) is 10.6. The van der Waals surface area contributed by atoms with E-state index >= 15 is 0 Å². The van der Waals surface area contributed by atoms with E-state index < -0.39 is 0 Å². The highest BCUT2D eigenvalue weighted by molar-refractivity contribution is 6.31. The number of hydrogen-bond acceptors (Lipinski definition) is 2. The van der Waals surface area contributed by atoms with Crippen molar-refractivity contribution in [3.63, 3.8) is 0 Å². The van der Waals surface area contributed by atoms with Gasteiger partial charge in [-0.2, -0.15) is 0 Å². The molecule has 0 aliphatic heterocycles. The van der Waals surface area contributed by atoms with E-state index in [0.29, 0.717) is 5.82 Å². The molecule has 1 aliphatic rings. The van der Waals surface area contributed by atoms with Gasteiger partial charge in [-0.15, -0.1) is 0 Å². The summed E-state index contributed by atoms with van der Waals surface area (Å²) in [7, 11) is 0. The highest BCUT2D eigenvalue weighted by atomic mass is 15.0. The lowest BCUT2D eigenvalue weighted by Gasteiger charge is -2.23. The SMILES string of the molecule is CC1(C)c2ccccc2-c2c1c1c3ccccc3n(-c3ccccc3)c1c1c3ccccc3n(-c3ccc4nc(-c5ccccc5)nc(-c5ccc(-c6ccccc6)cc5)c4c3)c21. The van der Waals surface area contributed by atoms with Crippen LogP contribution in [0.25, 0.3) is 111 Å². The number of rotatable bonds is 5. The summed E-state index contributed by atoms with van der Waals surface area (Å²) in [5.74, 6) is 0.711. The minimum atomic E-state index is -0.268. The van der Waals surface area contributed by atoms with Gasteiger partial charge in [-0.05, 0) is 70.3 Å². The van der Waals surface area contributed by atoms with Crippen LogP contribution in [-0.4, -0.2) is 19.1 Å². The molecule has 4 heteroatoms. The third-order valence-corrected chi connectivity index (χ3v) is 13.5. The second-order valence-corrected chi connectivity index (χ2v) is 17.3. The molecule has 3 aromatic heterocycles. The molecule has 0 N–H and O–H groups in total. The van der Waals surface area contributed by atoms with E-state index in [-0.39, 0.29) is 5.41 Å². The molecule has 3 heterocycles. The molecule has 4 nitrogen and oxygen atoms in total. The zero-order chi connectivity index (χ0) is 41.8. The normalized spacial score (nSPS) is 13.0. The van der Waals surface area contributed by atoms with E-state index in [1.54, 1.807) is 0 Å². The molecule has 0 radical (unpaired) electrons. The third kappa shape index (κ3) is 5.15. The van der Waals surface area contributed by atoms with E-state index in [2.05, 4.69) is 223 Å². The Kier molecular flexibility index (Phi) is 7.62. The fraction of sp³-hybridized carbons (Fsp3) is 0.0508. The van der Waals surface area contributed by atoms with Crippen LogP contribution in [0.3, 0.4) is 0 Å². The first-order valence-corrected chi connectivity index (χ1v) is 21.8. The predicted octanol–water partition coefficient (Wildman–Crippen LogP) is 15.1. The number of para-hydroxylation sites is 3. The summed E-state index contributed by atoms with van der Waals surface area (Å²) in [5.41, 5.74) is 18.3. The summed E-state index contributed by atoms with van der Waals surface area (Å²) in [6.45, 7) is 4.83. The van der Waals surface area contributed by atoms with E-state index in [0.717, 1.165) is 44.6 Å².